The van der Waals surface area contributed by atoms with E-state index < -0.39 is 0 Å². The van der Waals surface area contributed by atoms with Crippen LogP contribution >= 0.6 is 0 Å². The molecule has 1 heterocycles. The fraction of sp³-hybridized carbons (Fsp3) is 0.500. The first-order valence-electron chi connectivity index (χ1n) is 1.73. The molecule has 1 rings (SSSR count). The molecule has 0 atom stereocenters. The van der Waals surface area contributed by atoms with E-state index in [4.69, 9.17) is 0 Å². The summed E-state index contributed by atoms with van der Waals surface area (Å²) in [5, 5.41) is 0. The van der Waals surface area contributed by atoms with Crippen molar-refractivity contribution in [1.29, 1.82) is 0 Å². The summed E-state index contributed by atoms with van der Waals surface area (Å²) in [6.07, 6.45) is 0. The third kappa shape index (κ3) is 0.648. The molecule has 7 heavy (non-hydrogen) atoms. The molecule has 0 bridgehead atoms. The summed E-state index contributed by atoms with van der Waals surface area (Å²) in [6, 6.07) is 0. The van der Waals surface area contributed by atoms with Gasteiger partial charge in [-0.3, -0.25) is 4.79 Å². The Bertz CT molecular complexity index is 106. The molecule has 0 unspecified atom stereocenters. The smallest absolute Gasteiger partial charge is 0.265 e. The van der Waals surface area contributed by atoms with Gasteiger partial charge in [-0.2, -0.15) is 5.43 Å². The van der Waals surface area contributed by atoms with Crippen LogP contribution in [0.2, 0.25) is 0 Å². The second-order valence-electron chi connectivity index (χ2n) is 1.15. The van der Waals surface area contributed by atoms with Crippen LogP contribution in [0.4, 0.5) is 0 Å². The summed E-state index contributed by atoms with van der Waals surface area (Å²) in [7, 11) is 0. The standard InChI is InChI=1S/C2H3N3O2/c6-2-1-5(7)4-3-2/h1H2,(H,3,6)/q+1. The molecule has 1 radical (unpaired) electrons. The Balaban J connectivity index is 2.55. The predicted molar refractivity (Wildman–Crippen MR) is 18.8 cm³/mol. The van der Waals surface area contributed by atoms with Gasteiger partial charge in [0.1, 0.15) is 5.53 Å². The van der Waals surface area contributed by atoms with E-state index in [9.17, 15) is 9.70 Å². The van der Waals surface area contributed by atoms with Crippen molar-refractivity contribution < 1.29 is 9.66 Å². The first-order valence-corrected chi connectivity index (χ1v) is 1.73. The first kappa shape index (κ1) is 4.04. The molecule has 0 aromatic heterocycles. The maximum Gasteiger partial charge on any atom is 0.318 e. The van der Waals surface area contributed by atoms with Gasteiger partial charge in [0.05, 0.1) is 4.91 Å². The highest BCUT2D eigenvalue weighted by Crippen LogP contribution is 1.75. The maximum atomic E-state index is 10.0. The van der Waals surface area contributed by atoms with Crippen LogP contribution in [0.1, 0.15) is 0 Å². The summed E-state index contributed by atoms with van der Waals surface area (Å²) < 4.78 is 0. The number of hydrogen-bond donors (Lipinski definition) is 1. The van der Waals surface area contributed by atoms with Crippen LogP contribution in [0.5, 0.6) is 0 Å². The third-order valence-corrected chi connectivity index (χ3v) is 0.565. The average molecular weight is 101 g/mol. The topological polar surface area (TPSA) is 63.3 Å². The van der Waals surface area contributed by atoms with E-state index in [1.54, 1.807) is 0 Å². The number of amides is 1. The number of carbonyl (C=O) groups excluding carboxylic acids is 1. The second kappa shape index (κ2) is 1.18. The van der Waals surface area contributed by atoms with Gasteiger partial charge in [-0.05, 0) is 0 Å². The van der Waals surface area contributed by atoms with E-state index >= 15 is 0 Å². The number of nitrogens with one attached hydrogen (secondary N) is 1. The lowest BCUT2D eigenvalue weighted by Crippen LogP contribution is -2.20. The van der Waals surface area contributed by atoms with E-state index in [1.807, 2.05) is 5.43 Å². The minimum Gasteiger partial charge on any atom is -0.265 e. The fourth-order valence-corrected chi connectivity index (χ4v) is 0.305. The summed E-state index contributed by atoms with van der Waals surface area (Å²) in [6.45, 7) is -0.167. The van der Waals surface area contributed by atoms with E-state index in [0.29, 0.717) is 4.87 Å². The largest absolute Gasteiger partial charge is 0.318 e. The molecule has 5 nitrogen and oxygen atoms in total. The quantitative estimate of drug-likeness (QED) is 0.371. The zero-order chi connectivity index (χ0) is 5.28. The van der Waals surface area contributed by atoms with Crippen LogP contribution in [-0.2, 0) is 4.79 Å². The van der Waals surface area contributed by atoms with Gasteiger partial charge in [0.2, 0.25) is 0 Å². The normalized spacial score (nSPS) is 18.9. The van der Waals surface area contributed by atoms with Gasteiger partial charge >= 0.3 is 12.5 Å². The van der Waals surface area contributed by atoms with E-state index in [2.05, 4.69) is 5.53 Å². The summed E-state index contributed by atoms with van der Waals surface area (Å²) >= 11 is 0. The molecule has 0 aliphatic carbocycles. The van der Waals surface area contributed by atoms with Crippen LogP contribution in [0, 0.1) is 4.91 Å². The Morgan fingerprint density at radius 2 is 2.57 bits per heavy atom. The molecule has 0 saturated carbocycles. The van der Waals surface area contributed by atoms with E-state index in [1.165, 1.54) is 0 Å². The van der Waals surface area contributed by atoms with E-state index in [0.717, 1.165) is 0 Å². The highest BCUT2D eigenvalue weighted by Gasteiger charge is 2.27. The van der Waals surface area contributed by atoms with E-state index in [-0.39, 0.29) is 12.5 Å². The lowest BCUT2D eigenvalue weighted by atomic mass is 10.7. The Labute approximate surface area is 39.2 Å². The van der Waals surface area contributed by atoms with Gasteiger partial charge in [0.25, 0.3) is 0 Å². The average Bonchev–Trinajstić information content (AvgIpc) is 1.87. The monoisotopic (exact) mass is 101 g/mol. The fourth-order valence-electron chi connectivity index (χ4n) is 0.305. The van der Waals surface area contributed by atoms with Gasteiger partial charge in [-0.25, -0.2) is 0 Å². The summed E-state index contributed by atoms with van der Waals surface area (Å²) in [5.74, 6) is -0.352. The van der Waals surface area contributed by atoms with Crippen molar-refractivity contribution in [2.75, 3.05) is 6.54 Å². The Hall–Kier alpha value is -1.13. The number of nitroso groups, excluding NO2 is 1. The molecule has 0 aromatic rings. The molecule has 1 N–H and O–H groups in total. The molecular formula is C2H3N3O2+. The summed E-state index contributed by atoms with van der Waals surface area (Å²) in [5.41, 5.74) is 4.96. The zero-order valence-corrected chi connectivity index (χ0v) is 3.42. The lowest BCUT2D eigenvalue weighted by molar-refractivity contribution is -0.592. The van der Waals surface area contributed by atoms with Gasteiger partial charge in [0.15, 0.2) is 4.87 Å². The lowest BCUT2D eigenvalue weighted by Gasteiger charge is -1.66. The van der Waals surface area contributed by atoms with Crippen LogP contribution in [0.25, 0.3) is 0 Å². The maximum absolute atomic E-state index is 10.0. The molecule has 0 aromatic carbocycles. The Morgan fingerprint density at radius 3 is 2.71 bits per heavy atom. The van der Waals surface area contributed by atoms with Gasteiger partial charge < -0.3 is 0 Å². The van der Waals surface area contributed by atoms with Crippen molar-refractivity contribution in [2.24, 2.45) is 0 Å². The van der Waals surface area contributed by atoms with Gasteiger partial charge in [0, 0.05) is 0 Å². The second-order valence-corrected chi connectivity index (χ2v) is 1.15. The highest BCUT2D eigenvalue weighted by atomic mass is 16.3. The van der Waals surface area contributed by atoms with Gasteiger partial charge in [-0.1, -0.05) is 0 Å². The van der Waals surface area contributed by atoms with Crippen LogP contribution in [0.3, 0.4) is 0 Å². The van der Waals surface area contributed by atoms with Gasteiger partial charge in [-0.15, -0.1) is 0 Å². The molecule has 5 heteroatoms. The molecular weight excluding hydrogens is 98.0 g/mol. The Kier molecular flexibility index (Phi) is 0.680. The molecule has 1 fully saturated rings. The third-order valence-electron chi connectivity index (χ3n) is 0.565. The van der Waals surface area contributed by atoms with Crippen molar-refractivity contribution in [1.82, 2.24) is 11.0 Å². The molecule has 1 saturated heterocycles. The molecule has 1 aliphatic rings. The number of nitrogens with zero attached hydrogens (tertiary/aromatic N) is 2. The van der Waals surface area contributed by atoms with Crippen molar-refractivity contribution >= 4 is 5.91 Å². The number of carbonyl (C=O) groups is 1. The van der Waals surface area contributed by atoms with Crippen molar-refractivity contribution in [3.05, 3.63) is 4.91 Å². The first-order chi connectivity index (χ1) is 3.29. The van der Waals surface area contributed by atoms with Crippen LogP contribution < -0.4 is 11.0 Å². The SMILES string of the molecule is O=C1C[N+](=O)[N]N1. The Morgan fingerprint density at radius 1 is 1.86 bits per heavy atom. The highest BCUT2D eigenvalue weighted by molar-refractivity contribution is 5.77. The number of hydrogen-bond acceptors (Lipinski definition) is 2. The number of rotatable bonds is 0. The molecule has 1 aliphatic heterocycles. The zero-order valence-electron chi connectivity index (χ0n) is 3.42. The van der Waals surface area contributed by atoms with Crippen molar-refractivity contribution in [2.45, 2.75) is 0 Å². The predicted octanol–water partition coefficient (Wildman–Crippen LogP) is -1.67. The molecule has 0 spiro atoms. The van der Waals surface area contributed by atoms with Crippen LogP contribution in [0.15, 0.2) is 0 Å². The van der Waals surface area contributed by atoms with Crippen LogP contribution in [-0.4, -0.2) is 17.3 Å². The van der Waals surface area contributed by atoms with Crippen molar-refractivity contribution in [3.63, 3.8) is 0 Å². The molecule has 37 valence electrons. The summed E-state index contributed by atoms with van der Waals surface area (Å²) in [4.78, 5) is 20.2. The minimum absolute atomic E-state index is 0.167. The minimum atomic E-state index is -0.352. The molecule has 1 amide bonds. The van der Waals surface area contributed by atoms with Crippen molar-refractivity contribution in [3.8, 4) is 0 Å².